The van der Waals surface area contributed by atoms with Gasteiger partial charge in [0.15, 0.2) is 0 Å². The van der Waals surface area contributed by atoms with Crippen LogP contribution in [0.15, 0.2) is 48.8 Å². The highest BCUT2D eigenvalue weighted by Gasteiger charge is 2.19. The van der Waals surface area contributed by atoms with Crippen LogP contribution in [0.4, 0.5) is 0 Å². The Balaban J connectivity index is 1.58. The topological polar surface area (TPSA) is 62.7 Å². The lowest BCUT2D eigenvalue weighted by atomic mass is 10.1. The van der Waals surface area contributed by atoms with E-state index in [-0.39, 0.29) is 11.8 Å². The molecule has 2 amide bonds. The Morgan fingerprint density at radius 3 is 2.31 bits per heavy atom. The van der Waals surface area contributed by atoms with Crippen LogP contribution in [0.5, 0.6) is 0 Å². The number of carbonyl (C=O) groups excluding carboxylic acids is 2. The van der Waals surface area contributed by atoms with Gasteiger partial charge in [-0.25, -0.2) is 0 Å². The van der Waals surface area contributed by atoms with E-state index in [0.29, 0.717) is 44.0 Å². The van der Waals surface area contributed by atoms with Crippen molar-refractivity contribution in [3.63, 3.8) is 0 Å². The lowest BCUT2D eigenvalue weighted by Gasteiger charge is -2.27. The summed E-state index contributed by atoms with van der Waals surface area (Å²) in [4.78, 5) is 32.5. The SMILES string of the molecule is CN(CCc1ccncc1)C(=O)c1ccc(C(=O)N2CCOCC2)cc1. The summed E-state index contributed by atoms with van der Waals surface area (Å²) in [5, 5.41) is 0. The fraction of sp³-hybridized carbons (Fsp3) is 0.350. The molecule has 0 aliphatic carbocycles. The molecule has 6 nitrogen and oxygen atoms in total. The minimum Gasteiger partial charge on any atom is -0.378 e. The summed E-state index contributed by atoms with van der Waals surface area (Å²) in [6.07, 6.45) is 4.28. The van der Waals surface area contributed by atoms with Crippen molar-refractivity contribution in [1.82, 2.24) is 14.8 Å². The third-order valence-corrected chi connectivity index (χ3v) is 4.51. The van der Waals surface area contributed by atoms with Crippen molar-refractivity contribution in [3.8, 4) is 0 Å². The highest BCUT2D eigenvalue weighted by molar-refractivity contribution is 5.97. The number of likely N-dealkylation sites (N-methyl/N-ethyl adjacent to an activating group) is 1. The predicted molar refractivity (Wildman–Crippen MR) is 98.1 cm³/mol. The van der Waals surface area contributed by atoms with Crippen molar-refractivity contribution < 1.29 is 14.3 Å². The normalized spacial score (nSPS) is 14.1. The van der Waals surface area contributed by atoms with Crippen LogP contribution in [0.2, 0.25) is 0 Å². The molecular weight excluding hydrogens is 330 g/mol. The second-order valence-corrected chi connectivity index (χ2v) is 6.31. The molecule has 0 atom stereocenters. The number of hydrogen-bond acceptors (Lipinski definition) is 4. The summed E-state index contributed by atoms with van der Waals surface area (Å²) in [5.74, 6) is -0.0669. The smallest absolute Gasteiger partial charge is 0.254 e. The molecule has 1 fully saturated rings. The number of benzene rings is 1. The molecule has 0 bridgehead atoms. The van der Waals surface area contributed by atoms with Gasteiger partial charge in [0.1, 0.15) is 0 Å². The number of aromatic nitrogens is 1. The molecule has 0 radical (unpaired) electrons. The van der Waals surface area contributed by atoms with E-state index in [1.165, 1.54) is 0 Å². The molecule has 136 valence electrons. The van der Waals surface area contributed by atoms with Crippen molar-refractivity contribution in [2.45, 2.75) is 6.42 Å². The van der Waals surface area contributed by atoms with Crippen molar-refractivity contribution in [2.75, 3.05) is 39.9 Å². The fourth-order valence-corrected chi connectivity index (χ4v) is 2.87. The van der Waals surface area contributed by atoms with Crippen LogP contribution < -0.4 is 0 Å². The number of hydrogen-bond donors (Lipinski definition) is 0. The zero-order valence-corrected chi connectivity index (χ0v) is 14.9. The van der Waals surface area contributed by atoms with Crippen molar-refractivity contribution in [1.29, 1.82) is 0 Å². The molecular formula is C20H23N3O3. The van der Waals surface area contributed by atoms with Crippen LogP contribution in [-0.2, 0) is 11.2 Å². The number of pyridine rings is 1. The Hall–Kier alpha value is -2.73. The zero-order valence-electron chi connectivity index (χ0n) is 14.9. The van der Waals surface area contributed by atoms with Gasteiger partial charge in [-0.15, -0.1) is 0 Å². The first-order valence-corrected chi connectivity index (χ1v) is 8.76. The minimum atomic E-state index is -0.0515. The van der Waals surface area contributed by atoms with E-state index in [1.807, 2.05) is 12.1 Å². The number of amides is 2. The van der Waals surface area contributed by atoms with Gasteiger partial charge in [0.25, 0.3) is 11.8 Å². The van der Waals surface area contributed by atoms with Crippen LogP contribution in [0.3, 0.4) is 0 Å². The number of morpholine rings is 1. The zero-order chi connectivity index (χ0) is 18.4. The molecule has 2 heterocycles. The molecule has 1 aromatic heterocycles. The average Bonchev–Trinajstić information content (AvgIpc) is 2.72. The summed E-state index contributed by atoms with van der Waals surface area (Å²) >= 11 is 0. The van der Waals surface area contributed by atoms with E-state index in [9.17, 15) is 9.59 Å². The predicted octanol–water partition coefficient (Wildman–Crippen LogP) is 1.87. The van der Waals surface area contributed by atoms with Gasteiger partial charge in [-0.2, -0.15) is 0 Å². The van der Waals surface area contributed by atoms with Gasteiger partial charge in [0.05, 0.1) is 13.2 Å². The van der Waals surface area contributed by atoms with Crippen molar-refractivity contribution >= 4 is 11.8 Å². The maximum Gasteiger partial charge on any atom is 0.254 e. The number of rotatable bonds is 5. The van der Waals surface area contributed by atoms with Gasteiger partial charge in [0.2, 0.25) is 0 Å². The standard InChI is InChI=1S/C20H23N3O3/c1-22(11-8-16-6-9-21-10-7-16)19(24)17-2-4-18(5-3-17)20(25)23-12-14-26-15-13-23/h2-7,9-10H,8,11-15H2,1H3. The molecule has 1 aromatic carbocycles. The highest BCUT2D eigenvalue weighted by Crippen LogP contribution is 2.11. The Morgan fingerprint density at radius 2 is 1.65 bits per heavy atom. The first kappa shape index (κ1) is 18.1. The summed E-state index contributed by atoms with van der Waals surface area (Å²) in [6, 6.07) is 10.8. The van der Waals surface area contributed by atoms with E-state index in [4.69, 9.17) is 4.74 Å². The molecule has 6 heteroatoms. The average molecular weight is 353 g/mol. The van der Waals surface area contributed by atoms with E-state index < -0.39 is 0 Å². The Labute approximate surface area is 153 Å². The molecule has 0 unspecified atom stereocenters. The number of nitrogens with zero attached hydrogens (tertiary/aromatic N) is 3. The van der Waals surface area contributed by atoms with Crippen molar-refractivity contribution in [2.24, 2.45) is 0 Å². The van der Waals surface area contributed by atoms with Crippen LogP contribution in [-0.4, -0.2) is 66.5 Å². The Bertz CT molecular complexity index is 741. The van der Waals surface area contributed by atoms with Crippen LogP contribution in [0.25, 0.3) is 0 Å². The molecule has 1 aliphatic heterocycles. The van der Waals surface area contributed by atoms with E-state index in [2.05, 4.69) is 4.98 Å². The Kier molecular flexibility index (Phi) is 5.96. The van der Waals surface area contributed by atoms with Gasteiger partial charge in [-0.1, -0.05) is 0 Å². The van der Waals surface area contributed by atoms with Gasteiger partial charge in [0, 0.05) is 50.2 Å². The molecule has 0 N–H and O–H groups in total. The van der Waals surface area contributed by atoms with Crippen LogP contribution in [0, 0.1) is 0 Å². The first-order chi connectivity index (χ1) is 12.6. The van der Waals surface area contributed by atoms with Gasteiger partial charge >= 0.3 is 0 Å². The molecule has 0 saturated carbocycles. The van der Waals surface area contributed by atoms with E-state index in [1.54, 1.807) is 53.5 Å². The first-order valence-electron chi connectivity index (χ1n) is 8.76. The van der Waals surface area contributed by atoms with E-state index in [0.717, 1.165) is 12.0 Å². The van der Waals surface area contributed by atoms with Gasteiger partial charge in [-0.3, -0.25) is 14.6 Å². The molecule has 26 heavy (non-hydrogen) atoms. The largest absolute Gasteiger partial charge is 0.378 e. The molecule has 1 saturated heterocycles. The summed E-state index contributed by atoms with van der Waals surface area (Å²) in [6.45, 7) is 2.99. The monoisotopic (exact) mass is 353 g/mol. The third-order valence-electron chi connectivity index (χ3n) is 4.51. The van der Waals surface area contributed by atoms with Gasteiger partial charge in [-0.05, 0) is 48.4 Å². The fourth-order valence-electron chi connectivity index (χ4n) is 2.87. The number of ether oxygens (including phenoxy) is 1. The second kappa shape index (κ2) is 8.58. The van der Waals surface area contributed by atoms with Gasteiger partial charge < -0.3 is 14.5 Å². The summed E-state index contributed by atoms with van der Waals surface area (Å²) in [5.41, 5.74) is 2.33. The lowest BCUT2D eigenvalue weighted by Crippen LogP contribution is -2.40. The molecule has 2 aromatic rings. The molecule has 3 rings (SSSR count). The van der Waals surface area contributed by atoms with Crippen LogP contribution >= 0.6 is 0 Å². The molecule has 1 aliphatic rings. The maximum atomic E-state index is 12.6. The summed E-state index contributed by atoms with van der Waals surface area (Å²) in [7, 11) is 1.79. The van der Waals surface area contributed by atoms with E-state index >= 15 is 0 Å². The summed E-state index contributed by atoms with van der Waals surface area (Å²) < 4.78 is 5.27. The quantitative estimate of drug-likeness (QED) is 0.823. The lowest BCUT2D eigenvalue weighted by molar-refractivity contribution is 0.0303. The van der Waals surface area contributed by atoms with Crippen molar-refractivity contribution in [3.05, 3.63) is 65.5 Å². The highest BCUT2D eigenvalue weighted by atomic mass is 16.5. The maximum absolute atomic E-state index is 12.6. The molecule has 0 spiro atoms. The number of carbonyl (C=O) groups is 2. The second-order valence-electron chi connectivity index (χ2n) is 6.31. The van der Waals surface area contributed by atoms with Crippen LogP contribution in [0.1, 0.15) is 26.3 Å². The third kappa shape index (κ3) is 4.46. The minimum absolute atomic E-state index is 0.0154. The Morgan fingerprint density at radius 1 is 1.04 bits per heavy atom.